The highest BCUT2D eigenvalue weighted by molar-refractivity contribution is 7.87. The highest BCUT2D eigenvalue weighted by Gasteiger charge is 2.50. The summed E-state index contributed by atoms with van der Waals surface area (Å²) in [5.74, 6) is 0. The largest absolute Gasteiger partial charge is 0.398 e. The number of rotatable bonds is 0. The van der Waals surface area contributed by atoms with Gasteiger partial charge in [-0.2, -0.15) is 21.4 Å². The Morgan fingerprint density at radius 3 is 2.64 bits per heavy atom. The van der Waals surface area contributed by atoms with E-state index in [1.807, 2.05) is 0 Å². The van der Waals surface area contributed by atoms with Crippen molar-refractivity contribution in [3.8, 4) is 0 Å². The second-order valence-electron chi connectivity index (χ2n) is 2.69. The lowest BCUT2D eigenvalue weighted by Gasteiger charge is -2.05. The van der Waals surface area contributed by atoms with Gasteiger partial charge in [0.25, 0.3) is 0 Å². The Morgan fingerprint density at radius 2 is 2.00 bits per heavy atom. The first-order valence-electron chi connectivity index (χ1n) is 3.46. The molecule has 1 aromatic carbocycles. The van der Waals surface area contributed by atoms with Crippen LogP contribution in [-0.2, 0) is 20.4 Å². The molecule has 0 spiro atoms. The monoisotopic (exact) mass is 240 g/mol. The predicted molar refractivity (Wildman–Crippen MR) is 43.6 cm³/mol. The van der Waals surface area contributed by atoms with E-state index in [1.165, 1.54) is 6.07 Å². The number of fused-ring (bicyclic) bond motifs is 1. The van der Waals surface area contributed by atoms with E-state index in [-0.39, 0.29) is 5.02 Å². The molecule has 0 N–H and O–H groups in total. The summed E-state index contributed by atoms with van der Waals surface area (Å²) in [4.78, 5) is -0.535. The predicted octanol–water partition coefficient (Wildman–Crippen LogP) is 2.11. The maximum absolute atomic E-state index is 13.0. The summed E-state index contributed by atoms with van der Waals surface area (Å²) in [5.41, 5.74) is -0.718. The van der Waals surface area contributed by atoms with Gasteiger partial charge in [0.05, 0.1) is 5.56 Å². The Balaban J connectivity index is 2.79. The van der Waals surface area contributed by atoms with Gasteiger partial charge in [0.15, 0.2) is 0 Å². The molecule has 1 aliphatic heterocycles. The van der Waals surface area contributed by atoms with Crippen LogP contribution in [0.4, 0.5) is 8.78 Å². The lowest BCUT2D eigenvalue weighted by molar-refractivity contribution is -0.174. The van der Waals surface area contributed by atoms with Gasteiger partial charge in [-0.1, -0.05) is 11.6 Å². The SMILES string of the molecule is O=S1(=O)OC(F)(F)c2cc(Cl)ccc21. The first-order chi connectivity index (χ1) is 6.33. The minimum Gasteiger partial charge on any atom is -0.194 e. The Labute approximate surface area is 83.4 Å². The topological polar surface area (TPSA) is 43.4 Å². The zero-order valence-corrected chi connectivity index (χ0v) is 8.07. The van der Waals surface area contributed by atoms with Gasteiger partial charge in [-0.25, -0.2) is 0 Å². The van der Waals surface area contributed by atoms with Gasteiger partial charge < -0.3 is 0 Å². The fraction of sp³-hybridized carbons (Fsp3) is 0.143. The fourth-order valence-electron chi connectivity index (χ4n) is 1.18. The van der Waals surface area contributed by atoms with Crippen LogP contribution in [0, 0.1) is 0 Å². The quantitative estimate of drug-likeness (QED) is 0.653. The van der Waals surface area contributed by atoms with Crippen molar-refractivity contribution < 1.29 is 21.4 Å². The van der Waals surface area contributed by atoms with E-state index in [0.717, 1.165) is 12.1 Å². The Hall–Kier alpha value is -0.720. The average Bonchev–Trinajstić information content (AvgIpc) is 2.17. The van der Waals surface area contributed by atoms with Crippen LogP contribution in [0.15, 0.2) is 23.1 Å². The maximum atomic E-state index is 13.0. The van der Waals surface area contributed by atoms with E-state index in [1.54, 1.807) is 0 Å². The van der Waals surface area contributed by atoms with Gasteiger partial charge in [0.2, 0.25) is 0 Å². The zero-order valence-electron chi connectivity index (χ0n) is 6.50. The molecule has 0 saturated heterocycles. The number of hydrogen-bond donors (Lipinski definition) is 0. The molecule has 0 aromatic heterocycles. The molecular weight excluding hydrogens is 238 g/mol. The second-order valence-corrected chi connectivity index (χ2v) is 4.65. The summed E-state index contributed by atoms with van der Waals surface area (Å²) in [7, 11) is -4.34. The molecule has 0 bridgehead atoms. The summed E-state index contributed by atoms with van der Waals surface area (Å²) in [5, 5.41) is 0.0316. The highest BCUT2D eigenvalue weighted by Crippen LogP contribution is 2.44. The normalized spacial score (nSPS) is 21.9. The van der Waals surface area contributed by atoms with E-state index in [4.69, 9.17) is 11.6 Å². The smallest absolute Gasteiger partial charge is 0.194 e. The van der Waals surface area contributed by atoms with Crippen molar-refractivity contribution in [3.05, 3.63) is 28.8 Å². The van der Waals surface area contributed by atoms with E-state index in [9.17, 15) is 17.2 Å². The van der Waals surface area contributed by atoms with Gasteiger partial charge in [0, 0.05) is 5.02 Å². The molecule has 1 aliphatic rings. The molecule has 0 saturated carbocycles. The first kappa shape index (κ1) is 9.82. The van der Waals surface area contributed by atoms with Crippen LogP contribution >= 0.6 is 11.6 Å². The highest BCUT2D eigenvalue weighted by atomic mass is 35.5. The molecule has 0 amide bonds. The third-order valence-corrected chi connectivity index (χ3v) is 3.30. The maximum Gasteiger partial charge on any atom is 0.398 e. The number of alkyl halides is 2. The number of hydrogen-bond acceptors (Lipinski definition) is 3. The molecule has 1 aromatic rings. The van der Waals surface area contributed by atoms with Gasteiger partial charge in [-0.15, -0.1) is 0 Å². The zero-order chi connectivity index (χ0) is 10.6. The molecule has 2 rings (SSSR count). The van der Waals surface area contributed by atoms with E-state index < -0.39 is 26.7 Å². The van der Waals surface area contributed by atoms with Crippen molar-refractivity contribution in [2.24, 2.45) is 0 Å². The van der Waals surface area contributed by atoms with Crippen LogP contribution in [0.3, 0.4) is 0 Å². The van der Waals surface area contributed by atoms with Crippen molar-refractivity contribution >= 4 is 21.7 Å². The molecule has 0 radical (unpaired) electrons. The summed E-state index contributed by atoms with van der Waals surface area (Å²) in [6, 6.07) is 3.08. The first-order valence-corrected chi connectivity index (χ1v) is 5.25. The third kappa shape index (κ3) is 1.30. The Bertz CT molecular complexity index is 498. The minimum absolute atomic E-state index is 0.0316. The average molecular weight is 241 g/mol. The van der Waals surface area contributed by atoms with Gasteiger partial charge in [-0.3, -0.25) is 0 Å². The minimum atomic E-state index is -4.34. The van der Waals surface area contributed by atoms with E-state index >= 15 is 0 Å². The fourth-order valence-corrected chi connectivity index (χ4v) is 2.48. The van der Waals surface area contributed by atoms with Crippen molar-refractivity contribution in [2.75, 3.05) is 0 Å². The molecule has 0 fully saturated rings. The summed E-state index contributed by atoms with van der Waals surface area (Å²) < 4.78 is 51.6. The standard InChI is InChI=1S/C7H3ClF2O3S/c8-4-1-2-6-5(3-4)7(9,10)13-14(6,11)12/h1-3H. The summed E-state index contributed by atoms with van der Waals surface area (Å²) in [6.07, 6.45) is -3.82. The number of halogens is 3. The lowest BCUT2D eigenvalue weighted by Crippen LogP contribution is -2.12. The molecule has 3 nitrogen and oxygen atoms in total. The van der Waals surface area contributed by atoms with Crippen molar-refractivity contribution in [3.63, 3.8) is 0 Å². The number of benzene rings is 1. The van der Waals surface area contributed by atoms with Gasteiger partial charge >= 0.3 is 16.2 Å². The molecule has 14 heavy (non-hydrogen) atoms. The van der Waals surface area contributed by atoms with Gasteiger partial charge in [0.1, 0.15) is 4.90 Å². The molecular formula is C7H3ClF2O3S. The van der Waals surface area contributed by atoms with E-state index in [2.05, 4.69) is 4.18 Å². The lowest BCUT2D eigenvalue weighted by atomic mass is 10.2. The summed E-state index contributed by atoms with van der Waals surface area (Å²) >= 11 is 5.46. The molecule has 0 unspecified atom stereocenters. The van der Waals surface area contributed by atoms with E-state index in [0.29, 0.717) is 0 Å². The van der Waals surface area contributed by atoms with Crippen molar-refractivity contribution in [1.82, 2.24) is 0 Å². The second kappa shape index (κ2) is 2.65. The van der Waals surface area contributed by atoms with Gasteiger partial charge in [-0.05, 0) is 18.2 Å². The molecule has 0 atom stereocenters. The van der Waals surface area contributed by atoms with Crippen LogP contribution < -0.4 is 0 Å². The molecule has 1 heterocycles. The molecule has 0 aliphatic carbocycles. The Morgan fingerprint density at radius 1 is 1.36 bits per heavy atom. The molecule has 7 heteroatoms. The molecule has 76 valence electrons. The van der Waals surface area contributed by atoms with Crippen molar-refractivity contribution in [2.45, 2.75) is 11.0 Å². The van der Waals surface area contributed by atoms with Crippen LogP contribution in [0.25, 0.3) is 0 Å². The van der Waals surface area contributed by atoms with Crippen LogP contribution in [0.1, 0.15) is 5.56 Å². The van der Waals surface area contributed by atoms with Crippen LogP contribution in [0.5, 0.6) is 0 Å². The third-order valence-electron chi connectivity index (χ3n) is 1.74. The summed E-state index contributed by atoms with van der Waals surface area (Å²) in [6.45, 7) is 0. The van der Waals surface area contributed by atoms with Crippen LogP contribution in [-0.4, -0.2) is 8.42 Å². The Kier molecular flexibility index (Phi) is 1.86. The van der Waals surface area contributed by atoms with Crippen molar-refractivity contribution in [1.29, 1.82) is 0 Å². The van der Waals surface area contributed by atoms with Crippen LogP contribution in [0.2, 0.25) is 5.02 Å².